The Morgan fingerprint density at radius 3 is 2.03 bits per heavy atom. The molecular weight excluding hydrogens is 518 g/mol. The first-order valence-electron chi connectivity index (χ1n) is 13.1. The van der Waals surface area contributed by atoms with Crippen molar-refractivity contribution < 1.29 is 37.0 Å². The number of benzene rings is 2. The number of H-pyrrole nitrogens is 1. The third-order valence-corrected chi connectivity index (χ3v) is 6.81. The number of rotatable bonds is 9. The highest BCUT2D eigenvalue weighted by Crippen LogP contribution is 2.28. The van der Waals surface area contributed by atoms with Crippen LogP contribution in [0.3, 0.4) is 0 Å². The standard InChI is InChI=1S/C18H26O4.C7H8O3S.C5H5N/c1-3-20-14(2)22-18(15-9-11-16(19)12-10-15)13-21-17-7-5-4-6-8-17;1-6-2-4-7(5-3-6)11(8,9)10;1-2-4-6-5-3-1/h4-8,14-15,18H,3,9-13H2,1-2H3;2-5H,1H3,(H,8,9,10);1-5H. The highest BCUT2D eigenvalue weighted by Gasteiger charge is 2.29. The van der Waals surface area contributed by atoms with Crippen molar-refractivity contribution in [3.8, 4) is 5.75 Å². The lowest BCUT2D eigenvalue weighted by molar-refractivity contribution is -0.377. The molecule has 1 saturated carbocycles. The van der Waals surface area contributed by atoms with Crippen molar-refractivity contribution in [1.82, 2.24) is 0 Å². The summed E-state index contributed by atoms with van der Waals surface area (Å²) in [6.45, 7) is 6.79. The first kappa shape index (κ1) is 32.1. The molecule has 2 unspecified atom stereocenters. The number of pyridine rings is 1. The molecule has 1 aromatic heterocycles. The van der Waals surface area contributed by atoms with Gasteiger partial charge in [-0.15, -0.1) is 0 Å². The van der Waals surface area contributed by atoms with Gasteiger partial charge in [0.05, 0.1) is 11.0 Å². The maximum Gasteiger partial charge on any atom is 0.166 e. The molecule has 0 bridgehead atoms. The van der Waals surface area contributed by atoms with Crippen LogP contribution in [0.4, 0.5) is 0 Å². The van der Waals surface area contributed by atoms with E-state index in [1.54, 1.807) is 12.1 Å². The molecule has 1 aliphatic rings. The number of ketones is 1. The van der Waals surface area contributed by atoms with Crippen LogP contribution in [0.15, 0.2) is 90.1 Å². The topological polar surface area (TPSA) is 116 Å². The summed E-state index contributed by atoms with van der Waals surface area (Å²) in [5, 5.41) is 0. The first-order valence-corrected chi connectivity index (χ1v) is 14.5. The Morgan fingerprint density at radius 2 is 1.54 bits per heavy atom. The number of carbonyl (C=O) groups is 1. The van der Waals surface area contributed by atoms with Crippen LogP contribution in [0.1, 0.15) is 45.1 Å². The maximum atomic E-state index is 11.4. The van der Waals surface area contributed by atoms with Crippen LogP contribution >= 0.6 is 0 Å². The Morgan fingerprint density at radius 1 is 0.949 bits per heavy atom. The highest BCUT2D eigenvalue weighted by atomic mass is 32.2. The van der Waals surface area contributed by atoms with Crippen LogP contribution in [0.25, 0.3) is 0 Å². The number of hydrogen-bond donors (Lipinski definition) is 0. The van der Waals surface area contributed by atoms with Crippen LogP contribution in [0.2, 0.25) is 0 Å². The second-order valence-corrected chi connectivity index (χ2v) is 10.4. The van der Waals surface area contributed by atoms with E-state index in [2.05, 4.69) is 4.98 Å². The van der Waals surface area contributed by atoms with Crippen LogP contribution in [0.5, 0.6) is 5.75 Å². The quantitative estimate of drug-likeness (QED) is 0.269. The summed E-state index contributed by atoms with van der Waals surface area (Å²) in [7, 11) is -4.27. The van der Waals surface area contributed by atoms with Gasteiger partial charge in [0.1, 0.15) is 28.3 Å². The van der Waals surface area contributed by atoms with Gasteiger partial charge in [-0.25, -0.2) is 13.4 Å². The third kappa shape index (κ3) is 13.5. The lowest BCUT2D eigenvalue weighted by atomic mass is 9.84. The number of nitrogens with one attached hydrogen (secondary N) is 1. The highest BCUT2D eigenvalue weighted by molar-refractivity contribution is 7.85. The molecule has 1 fully saturated rings. The molecule has 39 heavy (non-hydrogen) atoms. The first-order chi connectivity index (χ1) is 18.7. The van der Waals surface area contributed by atoms with E-state index in [1.807, 2.05) is 81.7 Å². The fraction of sp³-hybridized carbons (Fsp3) is 0.400. The Hall–Kier alpha value is -3.11. The van der Waals surface area contributed by atoms with E-state index < -0.39 is 10.1 Å². The summed E-state index contributed by atoms with van der Waals surface area (Å²) >= 11 is 0. The molecule has 4 rings (SSSR count). The molecule has 3 aromatic rings. The molecule has 9 heteroatoms. The monoisotopic (exact) mass is 557 g/mol. The number of aryl methyl sites for hydroxylation is 1. The summed E-state index contributed by atoms with van der Waals surface area (Å²) < 4.78 is 48.5. The van der Waals surface area contributed by atoms with Gasteiger partial charge in [-0.2, -0.15) is 0 Å². The molecule has 1 N–H and O–H groups in total. The van der Waals surface area contributed by atoms with Gasteiger partial charge in [-0.05, 0) is 63.8 Å². The van der Waals surface area contributed by atoms with Crippen molar-refractivity contribution in [2.24, 2.45) is 5.92 Å². The Bertz CT molecular complexity index is 1140. The molecule has 1 aliphatic carbocycles. The number of aromatic nitrogens is 1. The van der Waals surface area contributed by atoms with Gasteiger partial charge in [-0.1, -0.05) is 42.0 Å². The van der Waals surface area contributed by atoms with Crippen LogP contribution in [-0.2, 0) is 24.4 Å². The molecule has 0 aliphatic heterocycles. The summed E-state index contributed by atoms with van der Waals surface area (Å²) in [4.78, 5) is 14.2. The number of para-hydroxylation sites is 1. The summed E-state index contributed by atoms with van der Waals surface area (Å²) in [6, 6.07) is 21.4. The average molecular weight is 558 g/mol. The summed E-state index contributed by atoms with van der Waals surface area (Å²) in [5.74, 6) is 1.55. The van der Waals surface area contributed by atoms with E-state index in [1.165, 1.54) is 12.1 Å². The summed E-state index contributed by atoms with van der Waals surface area (Å²) in [6.07, 6.45) is 6.50. The van der Waals surface area contributed by atoms with Gasteiger partial charge < -0.3 is 18.8 Å². The van der Waals surface area contributed by atoms with E-state index in [-0.39, 0.29) is 17.3 Å². The van der Waals surface area contributed by atoms with Gasteiger partial charge in [0.25, 0.3) is 0 Å². The lowest BCUT2D eigenvalue weighted by Crippen LogP contribution is -2.36. The van der Waals surface area contributed by atoms with Gasteiger partial charge in [0.15, 0.2) is 18.7 Å². The van der Waals surface area contributed by atoms with Gasteiger partial charge in [0.2, 0.25) is 0 Å². The van der Waals surface area contributed by atoms with E-state index in [0.717, 1.165) is 24.2 Å². The Balaban J connectivity index is 0.000000257. The van der Waals surface area contributed by atoms with Gasteiger partial charge in [0, 0.05) is 31.6 Å². The van der Waals surface area contributed by atoms with Gasteiger partial charge >= 0.3 is 0 Å². The van der Waals surface area contributed by atoms with E-state index in [4.69, 9.17) is 14.2 Å². The predicted octanol–water partition coefficient (Wildman–Crippen LogP) is 4.99. The minimum atomic E-state index is -4.27. The molecule has 1 heterocycles. The molecular formula is C30H39NO7S. The smallest absolute Gasteiger partial charge is 0.166 e. The number of hydrogen-bond acceptors (Lipinski definition) is 7. The zero-order valence-corrected chi connectivity index (χ0v) is 23.6. The molecule has 0 radical (unpaired) electrons. The molecule has 8 nitrogen and oxygen atoms in total. The molecule has 2 aromatic carbocycles. The second kappa shape index (κ2) is 17.5. The number of carbonyl (C=O) groups excluding carboxylic acids is 1. The van der Waals surface area contributed by atoms with Crippen LogP contribution < -0.4 is 9.72 Å². The van der Waals surface area contributed by atoms with Crippen molar-refractivity contribution in [3.05, 3.63) is 90.8 Å². The van der Waals surface area contributed by atoms with Gasteiger partial charge in [-0.3, -0.25) is 4.79 Å². The molecule has 0 spiro atoms. The number of Topliss-reactive ketones (excluding diaryl/α,β-unsaturated/α-hetero) is 1. The zero-order valence-electron chi connectivity index (χ0n) is 22.8. The molecule has 2 atom stereocenters. The zero-order chi connectivity index (χ0) is 28.5. The molecule has 0 amide bonds. The maximum absolute atomic E-state index is 11.4. The molecule has 212 valence electrons. The van der Waals surface area contributed by atoms with E-state index in [9.17, 15) is 17.8 Å². The fourth-order valence-corrected chi connectivity index (χ4v) is 4.35. The van der Waals surface area contributed by atoms with E-state index >= 15 is 0 Å². The van der Waals surface area contributed by atoms with E-state index in [0.29, 0.717) is 37.8 Å². The van der Waals surface area contributed by atoms with Crippen LogP contribution in [0, 0.1) is 12.8 Å². The SMILES string of the molecule is CCOC(C)OC(COc1ccccc1)C1CCC(=O)CC1.Cc1ccc(S(=O)(=O)[O-])cc1.c1cc[nH+]cc1. The predicted molar refractivity (Wildman–Crippen MR) is 147 cm³/mol. The second-order valence-electron chi connectivity index (χ2n) is 9.04. The van der Waals surface area contributed by atoms with Crippen molar-refractivity contribution in [2.45, 2.75) is 63.7 Å². The minimum absolute atomic E-state index is 0.0464. The van der Waals surface area contributed by atoms with Crippen molar-refractivity contribution in [1.29, 1.82) is 0 Å². The normalized spacial score (nSPS) is 15.1. The third-order valence-electron chi connectivity index (χ3n) is 5.96. The van der Waals surface area contributed by atoms with Crippen molar-refractivity contribution in [2.75, 3.05) is 13.2 Å². The Labute approximate surface area is 232 Å². The largest absolute Gasteiger partial charge is 0.744 e. The number of ether oxygens (including phenoxy) is 3. The average Bonchev–Trinajstić information content (AvgIpc) is 2.94. The van der Waals surface area contributed by atoms with Crippen molar-refractivity contribution in [3.63, 3.8) is 0 Å². The lowest BCUT2D eigenvalue weighted by Gasteiger charge is -2.31. The summed E-state index contributed by atoms with van der Waals surface area (Å²) in [5.41, 5.74) is 0.928. The Kier molecular flexibility index (Phi) is 14.4. The minimum Gasteiger partial charge on any atom is -0.744 e. The van der Waals surface area contributed by atoms with Crippen LogP contribution in [-0.4, -0.2) is 44.4 Å². The molecule has 0 saturated heterocycles. The number of aromatic amines is 1. The fourth-order valence-electron chi connectivity index (χ4n) is 3.88. The van der Waals surface area contributed by atoms with Crippen molar-refractivity contribution >= 4 is 15.9 Å².